The first kappa shape index (κ1) is 16.7. The predicted octanol–water partition coefficient (Wildman–Crippen LogP) is 3.67. The molecule has 0 saturated heterocycles. The number of nitriles is 1. The van der Waals surface area contributed by atoms with Crippen molar-refractivity contribution in [2.45, 2.75) is 16.8 Å². The van der Waals surface area contributed by atoms with Crippen molar-refractivity contribution in [1.29, 1.82) is 5.26 Å². The minimum Gasteiger partial charge on any atom is -0.461 e. The molecule has 3 rings (SSSR count). The van der Waals surface area contributed by atoms with E-state index in [0.29, 0.717) is 10.6 Å². The summed E-state index contributed by atoms with van der Waals surface area (Å²) in [7, 11) is 0. The van der Waals surface area contributed by atoms with E-state index in [0.717, 1.165) is 16.0 Å². The molecule has 7 heteroatoms. The number of rotatable bonds is 5. The summed E-state index contributed by atoms with van der Waals surface area (Å²) >= 11 is 1.34. The number of aromatic nitrogens is 3. The third-order valence-corrected chi connectivity index (χ3v) is 4.39. The third-order valence-electron chi connectivity index (χ3n) is 3.40. The van der Waals surface area contributed by atoms with E-state index >= 15 is 0 Å². The summed E-state index contributed by atoms with van der Waals surface area (Å²) in [5.41, 5.74) is 2.89. The molecule has 0 unspecified atom stereocenters. The number of benzene rings is 2. The molecule has 0 aliphatic heterocycles. The average molecular weight is 350 g/mol. The molecule has 6 nitrogen and oxygen atoms in total. The number of nitrogens with one attached hydrogen (secondary N) is 1. The first-order valence-electron chi connectivity index (χ1n) is 7.57. The van der Waals surface area contributed by atoms with Crippen LogP contribution in [0.25, 0.3) is 11.1 Å². The Kier molecular flexibility index (Phi) is 5.11. The van der Waals surface area contributed by atoms with Gasteiger partial charge in [0.1, 0.15) is 0 Å². The molecule has 0 atom stereocenters. The van der Waals surface area contributed by atoms with E-state index in [1.165, 1.54) is 11.8 Å². The topological polar surface area (TPSA) is 91.7 Å². The number of H-pyrrole nitrogens is 1. The van der Waals surface area contributed by atoms with Crippen LogP contribution in [0.15, 0.2) is 58.5 Å². The number of aromatic amines is 1. The number of ether oxygens (including phenoxy) is 1. The minimum absolute atomic E-state index is 0.183. The fourth-order valence-corrected chi connectivity index (χ4v) is 3.00. The molecule has 0 radical (unpaired) electrons. The molecule has 1 N–H and O–H groups in total. The van der Waals surface area contributed by atoms with E-state index in [-0.39, 0.29) is 12.3 Å². The lowest BCUT2D eigenvalue weighted by Gasteiger charge is -2.04. The molecule has 0 aliphatic carbocycles. The first-order valence-corrected chi connectivity index (χ1v) is 8.39. The lowest BCUT2D eigenvalue weighted by molar-refractivity contribution is 0.0515. The van der Waals surface area contributed by atoms with Gasteiger partial charge in [-0.15, -0.1) is 10.2 Å². The monoisotopic (exact) mass is 350 g/mol. The minimum atomic E-state index is -0.493. The smallest absolute Gasteiger partial charge is 0.361 e. The van der Waals surface area contributed by atoms with Crippen LogP contribution in [0.1, 0.15) is 23.0 Å². The van der Waals surface area contributed by atoms with E-state index in [9.17, 15) is 4.79 Å². The molecule has 0 aliphatic rings. The van der Waals surface area contributed by atoms with Crippen LogP contribution < -0.4 is 0 Å². The van der Waals surface area contributed by atoms with Crippen molar-refractivity contribution in [3.05, 3.63) is 59.8 Å². The summed E-state index contributed by atoms with van der Waals surface area (Å²) in [5.74, 6) is -0.493. The Hall–Kier alpha value is -3.11. The second-order valence-electron chi connectivity index (χ2n) is 5.01. The zero-order chi connectivity index (χ0) is 17.6. The number of nitrogens with zero attached hydrogens (tertiary/aromatic N) is 3. The number of esters is 1. The summed E-state index contributed by atoms with van der Waals surface area (Å²) in [6.45, 7) is 2.03. The second kappa shape index (κ2) is 7.64. The van der Waals surface area contributed by atoms with Crippen LogP contribution in [0, 0.1) is 11.3 Å². The zero-order valence-corrected chi connectivity index (χ0v) is 14.2. The van der Waals surface area contributed by atoms with Crippen molar-refractivity contribution in [3.63, 3.8) is 0 Å². The number of hydrogen-bond donors (Lipinski definition) is 1. The Morgan fingerprint density at radius 1 is 1.12 bits per heavy atom. The Morgan fingerprint density at radius 3 is 2.36 bits per heavy atom. The number of hydrogen-bond acceptors (Lipinski definition) is 6. The van der Waals surface area contributed by atoms with Crippen LogP contribution in [0.2, 0.25) is 0 Å². The van der Waals surface area contributed by atoms with Gasteiger partial charge in [-0.25, -0.2) is 4.79 Å². The Bertz CT molecular complexity index is 911. The van der Waals surface area contributed by atoms with E-state index in [4.69, 9.17) is 10.00 Å². The summed E-state index contributed by atoms with van der Waals surface area (Å²) in [6.07, 6.45) is 0. The van der Waals surface area contributed by atoms with Gasteiger partial charge >= 0.3 is 5.97 Å². The van der Waals surface area contributed by atoms with E-state index < -0.39 is 5.97 Å². The molecule has 1 heterocycles. The lowest BCUT2D eigenvalue weighted by Crippen LogP contribution is -2.06. The van der Waals surface area contributed by atoms with Gasteiger partial charge in [0.2, 0.25) is 5.69 Å². The predicted molar refractivity (Wildman–Crippen MR) is 93.1 cm³/mol. The van der Waals surface area contributed by atoms with Crippen LogP contribution in [-0.2, 0) is 4.74 Å². The molecule has 0 saturated carbocycles. The standard InChI is InChI=1S/C18H14N4O2S/c1-2-24-18(23)16-17(21-22-20-16)25-15-9-7-14(8-10-15)13-5-3-12(11-19)4-6-13/h3-10H,2H2,1H3,(H,20,21,22). The van der Waals surface area contributed by atoms with Crippen molar-refractivity contribution in [3.8, 4) is 17.2 Å². The van der Waals surface area contributed by atoms with E-state index in [1.807, 2.05) is 36.4 Å². The highest BCUT2D eigenvalue weighted by Crippen LogP contribution is 2.30. The third kappa shape index (κ3) is 3.87. The van der Waals surface area contributed by atoms with Crippen LogP contribution in [-0.4, -0.2) is 28.0 Å². The Labute approximate surface area is 148 Å². The first-order chi connectivity index (χ1) is 12.2. The summed E-state index contributed by atoms with van der Waals surface area (Å²) in [6, 6.07) is 17.4. The van der Waals surface area contributed by atoms with Gasteiger partial charge in [0.15, 0.2) is 5.03 Å². The zero-order valence-electron chi connectivity index (χ0n) is 13.4. The van der Waals surface area contributed by atoms with E-state index in [1.54, 1.807) is 19.1 Å². The van der Waals surface area contributed by atoms with Gasteiger partial charge in [-0.05, 0) is 42.3 Å². The highest BCUT2D eigenvalue weighted by atomic mass is 32.2. The molecule has 0 fully saturated rings. The fraction of sp³-hybridized carbons (Fsp3) is 0.111. The highest BCUT2D eigenvalue weighted by molar-refractivity contribution is 7.99. The van der Waals surface area contributed by atoms with Gasteiger partial charge in [-0.1, -0.05) is 36.0 Å². The van der Waals surface area contributed by atoms with Gasteiger partial charge in [-0.2, -0.15) is 10.5 Å². The summed E-state index contributed by atoms with van der Waals surface area (Å²) < 4.78 is 4.96. The molecule has 3 aromatic rings. The Balaban J connectivity index is 1.76. The fourth-order valence-electron chi connectivity index (χ4n) is 2.19. The maximum Gasteiger partial charge on any atom is 0.361 e. The molecule has 1 aromatic heterocycles. The van der Waals surface area contributed by atoms with Gasteiger partial charge in [0, 0.05) is 4.90 Å². The van der Waals surface area contributed by atoms with Crippen molar-refractivity contribution in [1.82, 2.24) is 15.4 Å². The Morgan fingerprint density at radius 2 is 1.76 bits per heavy atom. The van der Waals surface area contributed by atoms with Crippen LogP contribution in [0.3, 0.4) is 0 Å². The quantitative estimate of drug-likeness (QED) is 0.706. The molecule has 0 spiro atoms. The van der Waals surface area contributed by atoms with Crippen LogP contribution in [0.5, 0.6) is 0 Å². The van der Waals surface area contributed by atoms with Crippen LogP contribution >= 0.6 is 11.8 Å². The lowest BCUT2D eigenvalue weighted by atomic mass is 10.0. The second-order valence-corrected chi connectivity index (χ2v) is 6.08. The maximum atomic E-state index is 11.8. The molecular weight excluding hydrogens is 336 g/mol. The molecule has 124 valence electrons. The van der Waals surface area contributed by atoms with Gasteiger partial charge in [0.05, 0.1) is 18.2 Å². The van der Waals surface area contributed by atoms with Crippen molar-refractivity contribution in [2.24, 2.45) is 0 Å². The van der Waals surface area contributed by atoms with Gasteiger partial charge in [-0.3, -0.25) is 0 Å². The molecule has 25 heavy (non-hydrogen) atoms. The van der Waals surface area contributed by atoms with Crippen molar-refractivity contribution < 1.29 is 9.53 Å². The molecule has 0 bridgehead atoms. The summed E-state index contributed by atoms with van der Waals surface area (Å²) in [4.78, 5) is 12.8. The van der Waals surface area contributed by atoms with Crippen LogP contribution in [0.4, 0.5) is 0 Å². The molecular formula is C18H14N4O2S. The molecule has 0 amide bonds. The average Bonchev–Trinajstić information content (AvgIpc) is 3.11. The van der Waals surface area contributed by atoms with Gasteiger partial charge in [0.25, 0.3) is 0 Å². The van der Waals surface area contributed by atoms with Crippen molar-refractivity contribution in [2.75, 3.05) is 6.61 Å². The number of carbonyl (C=O) groups excluding carboxylic acids is 1. The maximum absolute atomic E-state index is 11.8. The molecule has 2 aromatic carbocycles. The van der Waals surface area contributed by atoms with E-state index in [2.05, 4.69) is 21.5 Å². The number of carbonyl (C=O) groups is 1. The largest absolute Gasteiger partial charge is 0.461 e. The van der Waals surface area contributed by atoms with Crippen molar-refractivity contribution >= 4 is 17.7 Å². The summed E-state index contributed by atoms with van der Waals surface area (Å²) in [5, 5.41) is 19.7. The normalized spacial score (nSPS) is 10.2. The van der Waals surface area contributed by atoms with Gasteiger partial charge < -0.3 is 4.74 Å². The SMILES string of the molecule is CCOC(=O)c1n[nH]nc1Sc1ccc(-c2ccc(C#N)cc2)cc1. The highest BCUT2D eigenvalue weighted by Gasteiger charge is 2.18.